The van der Waals surface area contributed by atoms with E-state index in [1.807, 2.05) is 13.8 Å². The third-order valence-electron chi connectivity index (χ3n) is 2.60. The minimum absolute atomic E-state index is 0.105. The zero-order valence-electron chi connectivity index (χ0n) is 9.50. The molecule has 3 nitrogen and oxygen atoms in total. The van der Waals surface area contributed by atoms with Crippen LogP contribution < -0.4 is 5.32 Å². The maximum atomic E-state index is 13.0. The average Bonchev–Trinajstić information content (AvgIpc) is 2.60. The molecule has 1 aliphatic heterocycles. The van der Waals surface area contributed by atoms with Gasteiger partial charge in [-0.3, -0.25) is 9.79 Å². The molecule has 1 amide bonds. The minimum Gasteiger partial charge on any atom is -0.309 e. The van der Waals surface area contributed by atoms with Crippen LogP contribution in [-0.4, -0.2) is 17.8 Å². The monoisotopic (exact) mass is 298 g/mol. The normalized spacial score (nSPS) is 19.5. The fourth-order valence-corrected chi connectivity index (χ4v) is 2.23. The first-order valence-electron chi connectivity index (χ1n) is 5.33. The molecular weight excluding hydrogens is 287 g/mol. The third-order valence-corrected chi connectivity index (χ3v) is 3.25. The first-order chi connectivity index (χ1) is 7.99. The lowest BCUT2D eigenvalue weighted by Crippen LogP contribution is -2.31. The number of rotatable bonds is 2. The Morgan fingerprint density at radius 3 is 2.71 bits per heavy atom. The summed E-state index contributed by atoms with van der Waals surface area (Å²) in [6.07, 6.45) is 0. The summed E-state index contributed by atoms with van der Waals surface area (Å²) in [7, 11) is 0. The van der Waals surface area contributed by atoms with E-state index in [-0.39, 0.29) is 23.7 Å². The highest BCUT2D eigenvalue weighted by Gasteiger charge is 2.30. The van der Waals surface area contributed by atoms with Crippen molar-refractivity contribution in [3.63, 3.8) is 0 Å². The Morgan fingerprint density at radius 1 is 1.47 bits per heavy atom. The second kappa shape index (κ2) is 4.56. The number of amides is 1. The molecule has 5 heteroatoms. The lowest BCUT2D eigenvalue weighted by Gasteiger charge is -2.06. The summed E-state index contributed by atoms with van der Waals surface area (Å²) in [6.45, 7) is 3.88. The van der Waals surface area contributed by atoms with Gasteiger partial charge in [0.05, 0.1) is 0 Å². The number of halogens is 2. The molecule has 1 aromatic carbocycles. The molecule has 0 radical (unpaired) electrons. The van der Waals surface area contributed by atoms with Gasteiger partial charge in [0.15, 0.2) is 0 Å². The molecule has 1 aliphatic rings. The lowest BCUT2D eigenvalue weighted by atomic mass is 10.1. The van der Waals surface area contributed by atoms with Crippen LogP contribution in [0.5, 0.6) is 0 Å². The number of nitrogens with zero attached hydrogens (tertiary/aromatic N) is 1. The molecule has 0 bridgehead atoms. The van der Waals surface area contributed by atoms with Crippen LogP contribution in [0.25, 0.3) is 0 Å². The molecule has 0 saturated carbocycles. The van der Waals surface area contributed by atoms with Gasteiger partial charge in [-0.05, 0) is 40.0 Å². The maximum absolute atomic E-state index is 13.0. The number of amidine groups is 1. The summed E-state index contributed by atoms with van der Waals surface area (Å²) in [5.74, 6) is 0.212. The highest BCUT2D eigenvalue weighted by atomic mass is 79.9. The number of nitrogens with one attached hydrogen (secondary N) is 1. The maximum Gasteiger partial charge on any atom is 0.250 e. The van der Waals surface area contributed by atoms with Gasteiger partial charge in [0, 0.05) is 10.0 Å². The largest absolute Gasteiger partial charge is 0.309 e. The van der Waals surface area contributed by atoms with Gasteiger partial charge in [-0.1, -0.05) is 13.8 Å². The van der Waals surface area contributed by atoms with Gasteiger partial charge in [0.1, 0.15) is 17.7 Å². The van der Waals surface area contributed by atoms with Crippen molar-refractivity contribution in [2.45, 2.75) is 19.9 Å². The van der Waals surface area contributed by atoms with Crippen molar-refractivity contribution in [3.8, 4) is 0 Å². The zero-order chi connectivity index (χ0) is 12.6. The Labute approximate surface area is 107 Å². The van der Waals surface area contributed by atoms with Crippen LogP contribution in [0, 0.1) is 11.7 Å². The molecule has 0 saturated heterocycles. The second-order valence-corrected chi connectivity index (χ2v) is 5.13. The van der Waals surface area contributed by atoms with Gasteiger partial charge < -0.3 is 5.32 Å². The van der Waals surface area contributed by atoms with Crippen LogP contribution in [0.3, 0.4) is 0 Å². The van der Waals surface area contributed by atoms with E-state index in [2.05, 4.69) is 26.2 Å². The molecule has 0 spiro atoms. The number of hydrogen-bond acceptors (Lipinski definition) is 2. The molecule has 1 unspecified atom stereocenters. The summed E-state index contributed by atoms with van der Waals surface area (Å²) in [5, 5.41) is 2.72. The standard InChI is InChI=1S/C12H12BrFN2O/c1-6(2)10-12(17)16-11(15-10)8-4-3-7(14)5-9(8)13/h3-6,10H,1-2H3,(H,15,16,17). The van der Waals surface area contributed by atoms with Crippen molar-refractivity contribution in [3.05, 3.63) is 34.1 Å². The number of carbonyl (C=O) groups excluding carboxylic acids is 1. The smallest absolute Gasteiger partial charge is 0.250 e. The molecule has 0 aromatic heterocycles. The SMILES string of the molecule is CC(C)C1N=C(c2ccc(F)cc2Br)NC1=O. The number of carbonyl (C=O) groups is 1. The van der Waals surface area contributed by atoms with Gasteiger partial charge in [-0.2, -0.15) is 0 Å². The highest BCUT2D eigenvalue weighted by molar-refractivity contribution is 9.10. The molecule has 1 aromatic rings. The van der Waals surface area contributed by atoms with E-state index in [0.29, 0.717) is 15.9 Å². The average molecular weight is 299 g/mol. The molecule has 1 heterocycles. The quantitative estimate of drug-likeness (QED) is 0.895. The first kappa shape index (κ1) is 12.2. The number of hydrogen-bond donors (Lipinski definition) is 1. The molecule has 17 heavy (non-hydrogen) atoms. The van der Waals surface area contributed by atoms with Crippen molar-refractivity contribution in [2.75, 3.05) is 0 Å². The minimum atomic E-state index is -0.359. The first-order valence-corrected chi connectivity index (χ1v) is 6.12. The molecule has 0 aliphatic carbocycles. The molecule has 2 rings (SSSR count). The molecule has 1 N–H and O–H groups in total. The topological polar surface area (TPSA) is 41.5 Å². The Kier molecular flexibility index (Phi) is 3.28. The van der Waals surface area contributed by atoms with E-state index < -0.39 is 0 Å². The Hall–Kier alpha value is -1.23. The Morgan fingerprint density at radius 2 is 2.18 bits per heavy atom. The van der Waals surface area contributed by atoms with Crippen molar-refractivity contribution >= 4 is 27.7 Å². The van der Waals surface area contributed by atoms with E-state index in [9.17, 15) is 9.18 Å². The highest BCUT2D eigenvalue weighted by Crippen LogP contribution is 2.21. The Bertz CT molecular complexity index is 499. The summed E-state index contributed by atoms with van der Waals surface area (Å²) in [5.41, 5.74) is 0.697. The molecule has 90 valence electrons. The second-order valence-electron chi connectivity index (χ2n) is 4.28. The Balaban J connectivity index is 2.36. The molecule has 0 fully saturated rings. The fourth-order valence-electron chi connectivity index (χ4n) is 1.69. The molecule has 1 atom stereocenters. The van der Waals surface area contributed by atoms with Gasteiger partial charge in [-0.25, -0.2) is 4.39 Å². The van der Waals surface area contributed by atoms with Crippen molar-refractivity contribution in [1.29, 1.82) is 0 Å². The van der Waals surface area contributed by atoms with Crippen LogP contribution in [-0.2, 0) is 4.79 Å². The van der Waals surface area contributed by atoms with Gasteiger partial charge in [0.2, 0.25) is 0 Å². The van der Waals surface area contributed by atoms with E-state index in [4.69, 9.17) is 0 Å². The van der Waals surface area contributed by atoms with Crippen LogP contribution in [0.4, 0.5) is 4.39 Å². The van der Waals surface area contributed by atoms with Crippen LogP contribution in [0.2, 0.25) is 0 Å². The van der Waals surface area contributed by atoms with Crippen molar-refractivity contribution in [1.82, 2.24) is 5.32 Å². The third kappa shape index (κ3) is 2.39. The predicted molar refractivity (Wildman–Crippen MR) is 67.4 cm³/mol. The van der Waals surface area contributed by atoms with Crippen LogP contribution in [0.15, 0.2) is 27.7 Å². The van der Waals surface area contributed by atoms with Gasteiger partial charge in [0.25, 0.3) is 5.91 Å². The van der Waals surface area contributed by atoms with E-state index >= 15 is 0 Å². The van der Waals surface area contributed by atoms with Crippen LogP contribution >= 0.6 is 15.9 Å². The van der Waals surface area contributed by atoms with Crippen LogP contribution in [0.1, 0.15) is 19.4 Å². The van der Waals surface area contributed by atoms with E-state index in [0.717, 1.165) is 0 Å². The van der Waals surface area contributed by atoms with Gasteiger partial charge in [-0.15, -0.1) is 0 Å². The van der Waals surface area contributed by atoms with Crippen molar-refractivity contribution < 1.29 is 9.18 Å². The number of aliphatic imine (C=N–C) groups is 1. The summed E-state index contributed by atoms with van der Waals surface area (Å²) >= 11 is 3.26. The lowest BCUT2D eigenvalue weighted by molar-refractivity contribution is -0.120. The summed E-state index contributed by atoms with van der Waals surface area (Å²) in [6, 6.07) is 3.94. The van der Waals surface area contributed by atoms with E-state index in [1.54, 1.807) is 6.07 Å². The zero-order valence-corrected chi connectivity index (χ0v) is 11.1. The summed E-state index contributed by atoms with van der Waals surface area (Å²) in [4.78, 5) is 16.0. The van der Waals surface area contributed by atoms with Gasteiger partial charge >= 0.3 is 0 Å². The summed E-state index contributed by atoms with van der Waals surface area (Å²) < 4.78 is 13.5. The number of benzene rings is 1. The van der Waals surface area contributed by atoms with E-state index in [1.165, 1.54) is 12.1 Å². The molecular formula is C12H12BrFN2O. The fraction of sp³-hybridized carbons (Fsp3) is 0.333. The van der Waals surface area contributed by atoms with Crippen molar-refractivity contribution in [2.24, 2.45) is 10.9 Å². The predicted octanol–water partition coefficient (Wildman–Crippen LogP) is 2.49.